The number of thioether (sulfide) groups is 1. The molecule has 14 heteroatoms. The van der Waals surface area contributed by atoms with E-state index in [0.717, 1.165) is 45.0 Å². The molecule has 0 unspecified atom stereocenters. The molecule has 0 aliphatic heterocycles. The summed E-state index contributed by atoms with van der Waals surface area (Å²) >= 11 is 1.67. The number of hydrogen-bond donors (Lipinski definition) is 6. The van der Waals surface area contributed by atoms with Crippen LogP contribution in [0.5, 0.6) is 0 Å². The molecule has 6 rings (SSSR count). The zero-order valence-electron chi connectivity index (χ0n) is 36.2. The molecule has 57 heavy (non-hydrogen) atoms. The van der Waals surface area contributed by atoms with Crippen LogP contribution in [0.1, 0.15) is 115 Å². The number of aromatic amines is 2. The Morgan fingerprint density at radius 1 is 0.614 bits per heavy atom. The minimum atomic E-state index is -0.193. The summed E-state index contributed by atoms with van der Waals surface area (Å²) in [6.45, 7) is 25.5. The maximum absolute atomic E-state index is 12.9. The van der Waals surface area contributed by atoms with Crippen LogP contribution in [-0.4, -0.2) is 72.4 Å². The molecule has 6 N–H and O–H groups in total. The second-order valence-electron chi connectivity index (χ2n) is 18.7. The van der Waals surface area contributed by atoms with Crippen LogP contribution in [0.4, 0.5) is 28.7 Å². The third-order valence-electron chi connectivity index (χ3n) is 8.89. The van der Waals surface area contributed by atoms with E-state index >= 15 is 0 Å². The smallest absolute Gasteiger partial charge is 0.261 e. The normalized spacial score (nSPS) is 12.3. The maximum atomic E-state index is 12.9. The highest BCUT2D eigenvalue weighted by molar-refractivity contribution is 7.98. The molecule has 2 aromatic carbocycles. The van der Waals surface area contributed by atoms with Gasteiger partial charge in [0.1, 0.15) is 34.1 Å². The average Bonchev–Trinajstić information content (AvgIpc) is 3.86. The fourth-order valence-electron chi connectivity index (χ4n) is 6.12. The number of benzene rings is 2. The number of rotatable bonds is 8. The van der Waals surface area contributed by atoms with Crippen molar-refractivity contribution in [2.24, 2.45) is 0 Å². The van der Waals surface area contributed by atoms with Gasteiger partial charge in [-0.25, -0.2) is 0 Å². The first-order valence-electron chi connectivity index (χ1n) is 19.2. The number of fused-ring (bicyclic) bond motifs is 2. The van der Waals surface area contributed by atoms with Crippen molar-refractivity contribution in [3.8, 4) is 0 Å². The molecule has 13 nitrogen and oxygen atoms in total. The van der Waals surface area contributed by atoms with E-state index in [9.17, 15) is 9.59 Å². The molecular weight excluding hydrogens is 735 g/mol. The van der Waals surface area contributed by atoms with Crippen LogP contribution in [0, 0.1) is 0 Å². The molecule has 2 amide bonds. The summed E-state index contributed by atoms with van der Waals surface area (Å²) in [5.74, 6) is 1.39. The minimum Gasteiger partial charge on any atom is -0.378 e. The number of carbonyl (C=O) groups excluding carboxylic acids is 2. The lowest BCUT2D eigenvalue weighted by Crippen LogP contribution is -2.29. The van der Waals surface area contributed by atoms with Crippen LogP contribution in [0.2, 0.25) is 0 Å². The molecule has 4 heterocycles. The second-order valence-corrected chi connectivity index (χ2v) is 19.5. The van der Waals surface area contributed by atoms with Crippen molar-refractivity contribution < 1.29 is 9.59 Å². The predicted octanol–water partition coefficient (Wildman–Crippen LogP) is 9.63. The Balaban J connectivity index is 0.000000218. The highest BCUT2D eigenvalue weighted by atomic mass is 32.2. The Hall–Kier alpha value is -5.37. The summed E-state index contributed by atoms with van der Waals surface area (Å²) in [6, 6.07) is 15.5. The van der Waals surface area contributed by atoms with Gasteiger partial charge in [0.2, 0.25) is 0 Å². The monoisotopic (exact) mass is 795 g/mol. The molecule has 6 aromatic rings. The molecule has 0 aliphatic rings. The Labute approximate surface area is 341 Å². The van der Waals surface area contributed by atoms with Crippen LogP contribution in [-0.2, 0) is 10.8 Å². The lowest BCUT2D eigenvalue weighted by molar-refractivity contribution is 0.102. The van der Waals surface area contributed by atoms with Gasteiger partial charge in [-0.15, -0.1) is 11.8 Å². The number of imidazole rings is 2. The number of nitrogens with zero attached hydrogens (tertiary/aromatic N) is 5. The molecule has 0 spiro atoms. The van der Waals surface area contributed by atoms with Crippen LogP contribution in [0.25, 0.3) is 11.3 Å². The van der Waals surface area contributed by atoms with Gasteiger partial charge in [-0.05, 0) is 96.3 Å². The molecule has 0 atom stereocenters. The zero-order valence-corrected chi connectivity index (χ0v) is 37.1. The average molecular weight is 796 g/mol. The first kappa shape index (κ1) is 42.8. The van der Waals surface area contributed by atoms with E-state index in [-0.39, 0.29) is 33.7 Å². The lowest BCUT2D eigenvalue weighted by atomic mass is 9.91. The topological polar surface area (TPSA) is 152 Å². The highest BCUT2D eigenvalue weighted by Crippen LogP contribution is 2.34. The molecule has 4 aromatic heterocycles. The number of hydrogen-bond acceptors (Lipinski definition) is 8. The molecule has 0 aliphatic carbocycles. The van der Waals surface area contributed by atoms with Gasteiger partial charge < -0.3 is 36.1 Å². The standard InChI is InChI=1S/C22H32N6O.C21H29N5OS/c1-21(2,3)17-19(26-22(4,5)6)28-18(25-17)16(13-23-28)20(29)24-14-9-11-15(12-10-14)27(7)8;1-20(2,3)16-18(25-21(4,5)6)26-17(24-16)15(12-22-26)19(27)23-13-8-10-14(28-7)11-9-13/h9-13,25-26H,1-8H3,(H,24,29);8-12,24-25H,1-7H3,(H,23,27). The summed E-state index contributed by atoms with van der Waals surface area (Å²) in [6.07, 6.45) is 5.24. The van der Waals surface area contributed by atoms with Gasteiger partial charge in [0.25, 0.3) is 11.8 Å². The van der Waals surface area contributed by atoms with Gasteiger partial charge in [-0.2, -0.15) is 19.2 Å². The van der Waals surface area contributed by atoms with Crippen LogP contribution in [0.15, 0.2) is 65.8 Å². The van der Waals surface area contributed by atoms with E-state index in [4.69, 9.17) is 0 Å². The van der Waals surface area contributed by atoms with Crippen molar-refractivity contribution in [2.45, 2.75) is 110 Å². The van der Waals surface area contributed by atoms with Gasteiger partial charge >= 0.3 is 0 Å². The van der Waals surface area contributed by atoms with Crippen molar-refractivity contribution in [1.82, 2.24) is 29.2 Å². The molecule has 306 valence electrons. The van der Waals surface area contributed by atoms with Crippen molar-refractivity contribution in [3.05, 3.63) is 83.4 Å². The van der Waals surface area contributed by atoms with E-state index in [1.807, 2.05) is 73.8 Å². The van der Waals surface area contributed by atoms with Gasteiger partial charge in [-0.1, -0.05) is 41.5 Å². The number of H-pyrrole nitrogens is 2. The highest BCUT2D eigenvalue weighted by Gasteiger charge is 2.30. The zero-order chi connectivity index (χ0) is 42.2. The van der Waals surface area contributed by atoms with E-state index in [1.54, 1.807) is 33.2 Å². The summed E-state index contributed by atoms with van der Waals surface area (Å²) in [5, 5.41) is 22.0. The van der Waals surface area contributed by atoms with Crippen LogP contribution in [0.3, 0.4) is 0 Å². The van der Waals surface area contributed by atoms with E-state index in [2.05, 4.69) is 125 Å². The molecule has 0 fully saturated rings. The molecular formula is C43H61N11O2S. The first-order valence-corrected chi connectivity index (χ1v) is 20.4. The van der Waals surface area contributed by atoms with E-state index < -0.39 is 0 Å². The Bertz CT molecular complexity index is 2330. The Kier molecular flexibility index (Phi) is 11.9. The summed E-state index contributed by atoms with van der Waals surface area (Å²) < 4.78 is 3.58. The third kappa shape index (κ3) is 10.1. The number of carbonyl (C=O) groups is 2. The lowest BCUT2D eigenvalue weighted by Gasteiger charge is -2.25. The summed E-state index contributed by atoms with van der Waals surface area (Å²) in [7, 11) is 3.97. The number of amides is 2. The van der Waals surface area contributed by atoms with E-state index in [0.29, 0.717) is 22.4 Å². The van der Waals surface area contributed by atoms with Gasteiger partial charge in [0.05, 0.1) is 23.8 Å². The summed E-state index contributed by atoms with van der Waals surface area (Å²) in [5.41, 5.74) is 6.47. The fraction of sp³-hybridized carbons (Fsp3) is 0.442. The number of anilines is 5. The first-order chi connectivity index (χ1) is 26.4. The quantitative estimate of drug-likeness (QED) is 0.0834. The molecule has 0 bridgehead atoms. The fourth-order valence-corrected chi connectivity index (χ4v) is 6.52. The van der Waals surface area contributed by atoms with Crippen LogP contribution < -0.4 is 26.2 Å². The minimum absolute atomic E-state index is 0.129. The van der Waals surface area contributed by atoms with Crippen molar-refractivity contribution in [2.75, 3.05) is 46.5 Å². The van der Waals surface area contributed by atoms with Crippen molar-refractivity contribution >= 4 is 63.6 Å². The van der Waals surface area contributed by atoms with Gasteiger partial charge in [0, 0.05) is 58.0 Å². The Morgan fingerprint density at radius 3 is 1.30 bits per heavy atom. The second kappa shape index (κ2) is 15.9. The number of nitrogens with one attached hydrogen (secondary N) is 6. The third-order valence-corrected chi connectivity index (χ3v) is 9.63. The van der Waals surface area contributed by atoms with Gasteiger partial charge in [0.15, 0.2) is 0 Å². The van der Waals surface area contributed by atoms with E-state index in [1.165, 1.54) is 0 Å². The molecule has 0 saturated carbocycles. The largest absolute Gasteiger partial charge is 0.378 e. The Morgan fingerprint density at radius 2 is 0.982 bits per heavy atom. The molecule has 0 saturated heterocycles. The van der Waals surface area contributed by atoms with Gasteiger partial charge in [-0.3, -0.25) is 9.59 Å². The van der Waals surface area contributed by atoms with Crippen molar-refractivity contribution in [3.63, 3.8) is 0 Å². The summed E-state index contributed by atoms with van der Waals surface area (Å²) in [4.78, 5) is 35.9. The maximum Gasteiger partial charge on any atom is 0.261 e. The number of aromatic nitrogens is 6. The van der Waals surface area contributed by atoms with Crippen molar-refractivity contribution in [1.29, 1.82) is 0 Å². The van der Waals surface area contributed by atoms with Crippen LogP contribution >= 0.6 is 11.8 Å². The SMILES string of the molecule is CN(C)c1ccc(NC(=O)c2cnn3c(NC(C)(C)C)c(C(C)(C)C)[nH]c23)cc1.CSc1ccc(NC(=O)c2cnn3c(NC(C)(C)C)c(C(C)(C)C)[nH]c23)cc1. The predicted molar refractivity (Wildman–Crippen MR) is 238 cm³/mol. The molecule has 0 radical (unpaired) electrons.